The molecule has 1 fully saturated rings. The molecule has 0 saturated carbocycles. The smallest absolute Gasteiger partial charge is 0.255 e. The van der Waals surface area contributed by atoms with Crippen molar-refractivity contribution in [3.8, 4) is 5.75 Å². The second-order valence-corrected chi connectivity index (χ2v) is 5.85. The number of hydrogen-bond donors (Lipinski definition) is 1. The molecule has 0 spiro atoms. The fraction of sp³-hybridized carbons (Fsp3) is 0.316. The van der Waals surface area contributed by atoms with E-state index in [4.69, 9.17) is 9.47 Å². The first kappa shape index (κ1) is 16.3. The van der Waals surface area contributed by atoms with E-state index in [2.05, 4.69) is 17.1 Å². The Morgan fingerprint density at radius 2 is 2.04 bits per heavy atom. The zero-order valence-electron chi connectivity index (χ0n) is 14.0. The monoisotopic (exact) mass is 326 g/mol. The summed E-state index contributed by atoms with van der Waals surface area (Å²) < 4.78 is 10.6. The van der Waals surface area contributed by atoms with Gasteiger partial charge in [0.1, 0.15) is 5.75 Å². The first-order valence-corrected chi connectivity index (χ1v) is 8.07. The SMILES string of the molecule is COc1cccc(C(=O)Nc2ccc(N3CCOCC3C)cc2)c1. The Morgan fingerprint density at radius 3 is 2.75 bits per heavy atom. The minimum atomic E-state index is -0.151. The van der Waals surface area contributed by atoms with E-state index >= 15 is 0 Å². The van der Waals surface area contributed by atoms with E-state index in [0.717, 1.165) is 31.1 Å². The lowest BCUT2D eigenvalue weighted by molar-refractivity contribution is 0.0989. The average molecular weight is 326 g/mol. The van der Waals surface area contributed by atoms with E-state index < -0.39 is 0 Å². The molecule has 24 heavy (non-hydrogen) atoms. The van der Waals surface area contributed by atoms with E-state index in [1.807, 2.05) is 30.3 Å². The Bertz CT molecular complexity index is 700. The van der Waals surface area contributed by atoms with Gasteiger partial charge in [0.05, 0.1) is 20.3 Å². The first-order valence-electron chi connectivity index (χ1n) is 8.07. The Kier molecular flexibility index (Phi) is 5.01. The molecule has 1 unspecified atom stereocenters. The molecule has 126 valence electrons. The Balaban J connectivity index is 1.68. The fourth-order valence-corrected chi connectivity index (χ4v) is 2.81. The molecule has 0 aliphatic carbocycles. The second kappa shape index (κ2) is 7.36. The molecular formula is C19H22N2O3. The van der Waals surface area contributed by atoms with Crippen molar-refractivity contribution in [2.45, 2.75) is 13.0 Å². The number of anilines is 2. The van der Waals surface area contributed by atoms with Gasteiger partial charge in [0, 0.05) is 29.5 Å². The predicted molar refractivity (Wildman–Crippen MR) is 95.0 cm³/mol. The molecule has 1 amide bonds. The standard InChI is InChI=1S/C19H22N2O3/c1-14-13-24-11-10-21(14)17-8-6-16(7-9-17)20-19(22)15-4-3-5-18(12-15)23-2/h3-9,12,14H,10-11,13H2,1-2H3,(H,20,22). The Morgan fingerprint density at radius 1 is 1.25 bits per heavy atom. The summed E-state index contributed by atoms with van der Waals surface area (Å²) in [4.78, 5) is 14.6. The molecule has 1 atom stereocenters. The molecule has 2 aromatic rings. The molecule has 0 bridgehead atoms. The summed E-state index contributed by atoms with van der Waals surface area (Å²) in [5.74, 6) is 0.515. The maximum Gasteiger partial charge on any atom is 0.255 e. The number of ether oxygens (including phenoxy) is 2. The van der Waals surface area contributed by atoms with Crippen LogP contribution in [0.25, 0.3) is 0 Å². The van der Waals surface area contributed by atoms with Crippen LogP contribution < -0.4 is 15.0 Å². The number of morpholine rings is 1. The van der Waals surface area contributed by atoms with Crippen molar-refractivity contribution in [3.63, 3.8) is 0 Å². The van der Waals surface area contributed by atoms with Crippen LogP contribution in [0.2, 0.25) is 0 Å². The van der Waals surface area contributed by atoms with Crippen molar-refractivity contribution in [1.82, 2.24) is 0 Å². The average Bonchev–Trinajstić information content (AvgIpc) is 2.63. The van der Waals surface area contributed by atoms with Crippen molar-refractivity contribution in [3.05, 3.63) is 54.1 Å². The highest BCUT2D eigenvalue weighted by Gasteiger charge is 2.18. The van der Waals surface area contributed by atoms with Gasteiger partial charge in [-0.25, -0.2) is 0 Å². The molecule has 5 heteroatoms. The molecule has 1 aliphatic rings. The topological polar surface area (TPSA) is 50.8 Å². The minimum absolute atomic E-state index is 0.151. The zero-order chi connectivity index (χ0) is 16.9. The number of benzene rings is 2. The first-order chi connectivity index (χ1) is 11.7. The number of nitrogens with zero attached hydrogens (tertiary/aromatic N) is 1. The van der Waals surface area contributed by atoms with Gasteiger partial charge < -0.3 is 19.7 Å². The zero-order valence-corrected chi connectivity index (χ0v) is 14.0. The van der Waals surface area contributed by atoms with E-state index in [-0.39, 0.29) is 5.91 Å². The fourth-order valence-electron chi connectivity index (χ4n) is 2.81. The predicted octanol–water partition coefficient (Wildman–Crippen LogP) is 3.17. The molecule has 1 heterocycles. The van der Waals surface area contributed by atoms with Gasteiger partial charge in [-0.05, 0) is 49.4 Å². The van der Waals surface area contributed by atoms with Crippen LogP contribution in [0.15, 0.2) is 48.5 Å². The highest BCUT2D eigenvalue weighted by atomic mass is 16.5. The van der Waals surface area contributed by atoms with Crippen molar-refractivity contribution in [1.29, 1.82) is 0 Å². The van der Waals surface area contributed by atoms with Crippen molar-refractivity contribution >= 4 is 17.3 Å². The van der Waals surface area contributed by atoms with Crippen LogP contribution in [0.1, 0.15) is 17.3 Å². The van der Waals surface area contributed by atoms with E-state index in [1.54, 1.807) is 25.3 Å². The van der Waals surface area contributed by atoms with Crippen LogP contribution in [0.5, 0.6) is 5.75 Å². The van der Waals surface area contributed by atoms with Crippen molar-refractivity contribution in [2.75, 3.05) is 37.1 Å². The van der Waals surface area contributed by atoms with Gasteiger partial charge in [0.25, 0.3) is 5.91 Å². The third-order valence-corrected chi connectivity index (χ3v) is 4.16. The lowest BCUT2D eigenvalue weighted by Gasteiger charge is -2.35. The van der Waals surface area contributed by atoms with Gasteiger partial charge in [0.15, 0.2) is 0 Å². The number of carbonyl (C=O) groups excluding carboxylic acids is 1. The lowest BCUT2D eigenvalue weighted by Crippen LogP contribution is -2.43. The summed E-state index contributed by atoms with van der Waals surface area (Å²) >= 11 is 0. The molecule has 3 rings (SSSR count). The van der Waals surface area contributed by atoms with Crippen LogP contribution in [0, 0.1) is 0 Å². The van der Waals surface area contributed by atoms with Gasteiger partial charge in [-0.2, -0.15) is 0 Å². The maximum absolute atomic E-state index is 12.3. The minimum Gasteiger partial charge on any atom is -0.497 e. The van der Waals surface area contributed by atoms with E-state index in [9.17, 15) is 4.79 Å². The van der Waals surface area contributed by atoms with Crippen molar-refractivity contribution < 1.29 is 14.3 Å². The van der Waals surface area contributed by atoms with Gasteiger partial charge >= 0.3 is 0 Å². The van der Waals surface area contributed by atoms with Crippen molar-refractivity contribution in [2.24, 2.45) is 0 Å². The summed E-state index contributed by atoms with van der Waals surface area (Å²) in [6, 6.07) is 15.4. The number of nitrogens with one attached hydrogen (secondary N) is 1. The molecule has 2 aromatic carbocycles. The molecule has 1 aliphatic heterocycles. The van der Waals surface area contributed by atoms with E-state index in [0.29, 0.717) is 17.4 Å². The summed E-state index contributed by atoms with van der Waals surface area (Å²) in [5, 5.41) is 2.91. The maximum atomic E-state index is 12.3. The summed E-state index contributed by atoms with van der Waals surface area (Å²) in [6.45, 7) is 4.53. The molecule has 1 saturated heterocycles. The van der Waals surface area contributed by atoms with Gasteiger partial charge in [-0.3, -0.25) is 4.79 Å². The van der Waals surface area contributed by atoms with Crippen LogP contribution in [-0.2, 0) is 4.74 Å². The Labute approximate surface area is 142 Å². The number of rotatable bonds is 4. The third-order valence-electron chi connectivity index (χ3n) is 4.16. The molecule has 1 N–H and O–H groups in total. The number of hydrogen-bond acceptors (Lipinski definition) is 4. The summed E-state index contributed by atoms with van der Waals surface area (Å²) in [6.07, 6.45) is 0. The Hall–Kier alpha value is -2.53. The summed E-state index contributed by atoms with van der Waals surface area (Å²) in [7, 11) is 1.59. The van der Waals surface area contributed by atoms with Crippen LogP contribution in [-0.4, -0.2) is 38.8 Å². The quantitative estimate of drug-likeness (QED) is 0.937. The van der Waals surface area contributed by atoms with Gasteiger partial charge in [-0.1, -0.05) is 6.07 Å². The van der Waals surface area contributed by atoms with Crippen LogP contribution >= 0.6 is 0 Å². The van der Waals surface area contributed by atoms with Gasteiger partial charge in [-0.15, -0.1) is 0 Å². The lowest BCUT2D eigenvalue weighted by atomic mass is 10.1. The molecule has 5 nitrogen and oxygen atoms in total. The molecular weight excluding hydrogens is 304 g/mol. The van der Waals surface area contributed by atoms with Crippen LogP contribution in [0.4, 0.5) is 11.4 Å². The third kappa shape index (κ3) is 3.68. The van der Waals surface area contributed by atoms with E-state index in [1.165, 1.54) is 0 Å². The summed E-state index contributed by atoms with van der Waals surface area (Å²) in [5.41, 5.74) is 2.48. The largest absolute Gasteiger partial charge is 0.497 e. The second-order valence-electron chi connectivity index (χ2n) is 5.85. The van der Waals surface area contributed by atoms with Crippen LogP contribution in [0.3, 0.4) is 0 Å². The number of carbonyl (C=O) groups is 1. The molecule has 0 radical (unpaired) electrons. The number of amides is 1. The normalized spacial score (nSPS) is 17.4. The molecule has 0 aromatic heterocycles. The van der Waals surface area contributed by atoms with Gasteiger partial charge in [0.2, 0.25) is 0 Å². The highest BCUT2D eigenvalue weighted by molar-refractivity contribution is 6.04. The highest BCUT2D eigenvalue weighted by Crippen LogP contribution is 2.22. The number of methoxy groups -OCH3 is 1.